The molecule has 40 heavy (non-hydrogen) atoms. The largest absolute Gasteiger partial charge is 0.501 e. The first kappa shape index (κ1) is 29.3. The van der Waals surface area contributed by atoms with E-state index in [0.29, 0.717) is 31.2 Å². The van der Waals surface area contributed by atoms with Gasteiger partial charge in [-0.3, -0.25) is 19.3 Å². The Bertz CT molecular complexity index is 1240. The average Bonchev–Trinajstić information content (AvgIpc) is 3.04. The lowest BCUT2D eigenvalue weighted by Gasteiger charge is -2.44. The second kappa shape index (κ2) is 10.7. The standard InChI is InChI=1S/C27H32F4N4O5/c1-15(2)21(32-22(36)19-13-17(27(29,30)31)5-6-20(19)28)23(37)34-9-7-26(8-10-34)24(38)33(3)25(39)35(26)14-16-11-18(12-16)40-4/h5-6,11,13,15-16,21H,7-10,12,14H2,1-4H3,(H,32,36)/t16?,21-/m1/s1. The van der Waals surface area contributed by atoms with Crippen molar-refractivity contribution in [2.75, 3.05) is 33.8 Å². The van der Waals surface area contributed by atoms with Crippen LogP contribution in [0.3, 0.4) is 0 Å². The molecule has 0 aromatic heterocycles. The van der Waals surface area contributed by atoms with Crippen LogP contribution < -0.4 is 5.32 Å². The number of nitrogens with one attached hydrogen (secondary N) is 1. The van der Waals surface area contributed by atoms with Gasteiger partial charge in [0.2, 0.25) is 5.91 Å². The summed E-state index contributed by atoms with van der Waals surface area (Å²) in [6, 6.07) is -0.0413. The van der Waals surface area contributed by atoms with Gasteiger partial charge in [-0.25, -0.2) is 9.18 Å². The van der Waals surface area contributed by atoms with Gasteiger partial charge in [0.25, 0.3) is 11.8 Å². The maximum atomic E-state index is 14.3. The summed E-state index contributed by atoms with van der Waals surface area (Å²) in [4.78, 5) is 56.5. The van der Waals surface area contributed by atoms with E-state index >= 15 is 0 Å². The Morgan fingerprint density at radius 3 is 2.35 bits per heavy atom. The lowest BCUT2D eigenvalue weighted by molar-refractivity contribution is -0.142. The third kappa shape index (κ3) is 5.25. The first-order valence-electron chi connectivity index (χ1n) is 13.0. The minimum Gasteiger partial charge on any atom is -0.501 e. The van der Waals surface area contributed by atoms with Gasteiger partial charge in [-0.1, -0.05) is 13.8 Å². The van der Waals surface area contributed by atoms with E-state index in [4.69, 9.17) is 4.74 Å². The Balaban J connectivity index is 1.47. The number of likely N-dealkylation sites (N-methyl/N-ethyl adjacent to an activating group) is 1. The number of rotatable bonds is 7. The van der Waals surface area contributed by atoms with Crippen molar-refractivity contribution in [2.24, 2.45) is 11.8 Å². The van der Waals surface area contributed by atoms with Crippen molar-refractivity contribution in [3.8, 4) is 0 Å². The fourth-order valence-electron chi connectivity index (χ4n) is 5.51. The molecular weight excluding hydrogens is 536 g/mol. The molecule has 4 rings (SSSR count). The van der Waals surface area contributed by atoms with Crippen molar-refractivity contribution in [1.29, 1.82) is 0 Å². The monoisotopic (exact) mass is 568 g/mol. The number of amides is 5. The minimum absolute atomic E-state index is 0.0477. The van der Waals surface area contributed by atoms with Gasteiger partial charge in [0.05, 0.1) is 24.0 Å². The van der Waals surface area contributed by atoms with Crippen molar-refractivity contribution in [1.82, 2.24) is 20.0 Å². The second-order valence-electron chi connectivity index (χ2n) is 10.8. The first-order chi connectivity index (χ1) is 18.7. The van der Waals surface area contributed by atoms with Crippen molar-refractivity contribution in [3.63, 3.8) is 0 Å². The van der Waals surface area contributed by atoms with Gasteiger partial charge in [-0.15, -0.1) is 0 Å². The number of carbonyl (C=O) groups is 4. The summed E-state index contributed by atoms with van der Waals surface area (Å²) in [6.45, 7) is 3.86. The summed E-state index contributed by atoms with van der Waals surface area (Å²) in [5.41, 5.74) is -3.10. The molecule has 2 fully saturated rings. The number of piperidine rings is 1. The summed E-state index contributed by atoms with van der Waals surface area (Å²) in [5.74, 6) is -2.74. The molecule has 1 aromatic rings. The number of imide groups is 1. The van der Waals surface area contributed by atoms with Crippen LogP contribution in [0.25, 0.3) is 0 Å². The zero-order valence-corrected chi connectivity index (χ0v) is 22.7. The molecule has 5 amide bonds. The van der Waals surface area contributed by atoms with Gasteiger partial charge >= 0.3 is 12.2 Å². The summed E-state index contributed by atoms with van der Waals surface area (Å²) in [7, 11) is 3.00. The lowest BCUT2D eigenvalue weighted by atomic mass is 9.83. The Kier molecular flexibility index (Phi) is 7.88. The molecule has 2 heterocycles. The van der Waals surface area contributed by atoms with Crippen LogP contribution in [-0.4, -0.2) is 83.8 Å². The molecule has 0 saturated carbocycles. The average molecular weight is 569 g/mol. The van der Waals surface area contributed by atoms with Crippen LogP contribution >= 0.6 is 0 Å². The molecule has 0 radical (unpaired) electrons. The van der Waals surface area contributed by atoms with Gasteiger partial charge in [-0.05, 0) is 43.0 Å². The van der Waals surface area contributed by atoms with Gasteiger partial charge in [0, 0.05) is 39.0 Å². The number of methoxy groups -OCH3 is 1. The van der Waals surface area contributed by atoms with Crippen LogP contribution in [0, 0.1) is 17.7 Å². The predicted molar refractivity (Wildman–Crippen MR) is 134 cm³/mol. The number of likely N-dealkylation sites (tertiary alicyclic amines) is 1. The molecule has 1 N–H and O–H groups in total. The van der Waals surface area contributed by atoms with Gasteiger partial charge in [0.1, 0.15) is 17.4 Å². The SMILES string of the molecule is COC1=CC(CN2C(=O)N(C)C(=O)C23CCN(C(=O)[C@H](NC(=O)c2cc(C(F)(F)F)ccc2F)C(C)C)CC3)C1. The Hall–Kier alpha value is -3.64. The topological polar surface area (TPSA) is 99.3 Å². The molecule has 3 aliphatic rings. The number of benzene rings is 1. The molecule has 1 unspecified atom stereocenters. The molecule has 2 aliphatic heterocycles. The number of nitrogens with zero attached hydrogens (tertiary/aromatic N) is 3. The molecule has 9 nitrogen and oxygen atoms in total. The van der Waals surface area contributed by atoms with Crippen LogP contribution in [0.2, 0.25) is 0 Å². The molecule has 2 atom stereocenters. The zero-order chi connectivity index (χ0) is 29.6. The van der Waals surface area contributed by atoms with E-state index in [1.54, 1.807) is 25.9 Å². The van der Waals surface area contributed by atoms with Crippen LogP contribution in [0.4, 0.5) is 22.4 Å². The van der Waals surface area contributed by atoms with Gasteiger partial charge in [-0.2, -0.15) is 13.2 Å². The summed E-state index contributed by atoms with van der Waals surface area (Å²) < 4.78 is 58.8. The van der Waals surface area contributed by atoms with E-state index in [-0.39, 0.29) is 37.8 Å². The molecule has 218 valence electrons. The summed E-state index contributed by atoms with van der Waals surface area (Å²) in [6.07, 6.45) is -1.85. The highest BCUT2D eigenvalue weighted by Crippen LogP contribution is 2.39. The molecule has 0 bridgehead atoms. The van der Waals surface area contributed by atoms with Gasteiger partial charge in [0.15, 0.2) is 0 Å². The Labute approximate surface area is 229 Å². The van der Waals surface area contributed by atoms with E-state index in [2.05, 4.69) is 5.32 Å². The number of alkyl halides is 3. The van der Waals surface area contributed by atoms with Gasteiger partial charge < -0.3 is 19.9 Å². The van der Waals surface area contributed by atoms with E-state index in [9.17, 15) is 36.7 Å². The molecule has 2 saturated heterocycles. The predicted octanol–water partition coefficient (Wildman–Crippen LogP) is 3.40. The quantitative estimate of drug-likeness (QED) is 0.402. The van der Waals surface area contributed by atoms with Crippen molar-refractivity contribution < 1.29 is 41.5 Å². The lowest BCUT2D eigenvalue weighted by Crippen LogP contribution is -2.60. The highest BCUT2D eigenvalue weighted by molar-refractivity contribution is 6.07. The molecule has 13 heteroatoms. The number of urea groups is 1. The molecular formula is C27H32F4N4O5. The molecule has 1 aromatic carbocycles. The summed E-state index contributed by atoms with van der Waals surface area (Å²) in [5, 5.41) is 2.40. The number of hydrogen-bond acceptors (Lipinski definition) is 5. The van der Waals surface area contributed by atoms with Crippen LogP contribution in [0.5, 0.6) is 0 Å². The Morgan fingerprint density at radius 1 is 1.18 bits per heavy atom. The number of carbonyl (C=O) groups excluding carboxylic acids is 4. The third-order valence-electron chi connectivity index (χ3n) is 7.96. The van der Waals surface area contributed by atoms with E-state index in [1.165, 1.54) is 11.9 Å². The minimum atomic E-state index is -4.78. The zero-order valence-electron chi connectivity index (χ0n) is 22.7. The van der Waals surface area contributed by atoms with Crippen molar-refractivity contribution in [2.45, 2.75) is 50.9 Å². The van der Waals surface area contributed by atoms with Crippen LogP contribution in [0.1, 0.15) is 49.0 Å². The molecule has 1 spiro atoms. The number of hydrogen-bond donors (Lipinski definition) is 1. The highest BCUT2D eigenvalue weighted by atomic mass is 19.4. The number of allylic oxidation sites excluding steroid dienone is 1. The molecule has 1 aliphatic carbocycles. The van der Waals surface area contributed by atoms with Crippen LogP contribution in [-0.2, 0) is 20.5 Å². The smallest absolute Gasteiger partial charge is 0.416 e. The van der Waals surface area contributed by atoms with Crippen molar-refractivity contribution in [3.05, 3.63) is 47.0 Å². The highest BCUT2D eigenvalue weighted by Gasteiger charge is 2.57. The van der Waals surface area contributed by atoms with Crippen molar-refractivity contribution >= 4 is 23.8 Å². The maximum absolute atomic E-state index is 14.3. The maximum Gasteiger partial charge on any atom is 0.416 e. The summed E-state index contributed by atoms with van der Waals surface area (Å²) >= 11 is 0. The normalized spacial score (nSPS) is 21.5. The fraction of sp³-hybridized carbons (Fsp3) is 0.556. The van der Waals surface area contributed by atoms with E-state index in [1.807, 2.05) is 6.08 Å². The fourth-order valence-corrected chi connectivity index (χ4v) is 5.51. The van der Waals surface area contributed by atoms with E-state index < -0.39 is 58.5 Å². The van der Waals surface area contributed by atoms with Crippen LogP contribution in [0.15, 0.2) is 30.0 Å². The number of halogens is 4. The second-order valence-corrected chi connectivity index (χ2v) is 10.8. The first-order valence-corrected chi connectivity index (χ1v) is 13.0. The number of ether oxygens (including phenoxy) is 1. The van der Waals surface area contributed by atoms with E-state index in [0.717, 1.165) is 10.7 Å². The third-order valence-corrected chi connectivity index (χ3v) is 7.96. The Morgan fingerprint density at radius 2 is 1.80 bits per heavy atom.